The fourth-order valence-corrected chi connectivity index (χ4v) is 4.61. The number of carbonyl (C=O) groups excluding carboxylic acids is 1. The molecule has 0 saturated heterocycles. The second-order valence-corrected chi connectivity index (χ2v) is 11.0. The van der Waals surface area contributed by atoms with Crippen molar-refractivity contribution in [3.05, 3.63) is 95.6 Å². The van der Waals surface area contributed by atoms with Crippen LogP contribution in [0.25, 0.3) is 0 Å². The van der Waals surface area contributed by atoms with Gasteiger partial charge in [-0.05, 0) is 47.4 Å². The second-order valence-electron chi connectivity index (χ2n) is 9.00. The first-order valence-corrected chi connectivity index (χ1v) is 14.8. The Morgan fingerprint density at radius 2 is 1.33 bits per heavy atom. The number of ether oxygens (including phenoxy) is 2. The maximum absolute atomic E-state index is 14.1. The zero-order chi connectivity index (χ0) is 31.0. The summed E-state index contributed by atoms with van der Waals surface area (Å²) < 4.78 is 114. The van der Waals surface area contributed by atoms with Crippen molar-refractivity contribution in [1.29, 1.82) is 0 Å². The standard InChI is InChI=1S/C28H25F8IN2O3/c1-37-28(35,36)42-23-12-6-10-21(16-23)25(17-19-7-3-2-4-8-19,18-39-24(40)38-14-13-26(29,30)31)20-9-5-11-22(15-20)41-27(32,33)34/h2-12,15-16H,1,13-14,17-18H2,(H2,38,39,40). The molecule has 0 heterocycles. The van der Waals surface area contributed by atoms with Gasteiger partial charge in [0.1, 0.15) is 11.5 Å². The van der Waals surface area contributed by atoms with E-state index in [0.717, 1.165) is 12.1 Å². The van der Waals surface area contributed by atoms with E-state index < -0.39 is 67.5 Å². The molecule has 42 heavy (non-hydrogen) atoms. The minimum Gasteiger partial charge on any atom is -0.425 e. The van der Waals surface area contributed by atoms with Crippen LogP contribution in [0.15, 0.2) is 78.9 Å². The summed E-state index contributed by atoms with van der Waals surface area (Å²) in [6.07, 6.45) is -10.8. The van der Waals surface area contributed by atoms with Crippen molar-refractivity contribution in [1.82, 2.24) is 10.6 Å². The fraction of sp³-hybridized carbons (Fsp3) is 0.286. The van der Waals surface area contributed by atoms with E-state index in [-0.39, 0.29) is 29.8 Å². The van der Waals surface area contributed by atoms with Gasteiger partial charge >= 0.3 is 22.7 Å². The van der Waals surface area contributed by atoms with Crippen molar-refractivity contribution in [2.45, 2.75) is 34.9 Å². The predicted octanol–water partition coefficient (Wildman–Crippen LogP) is 7.70. The van der Waals surface area contributed by atoms with Crippen LogP contribution in [0, 0.1) is 0 Å². The lowest BCUT2D eigenvalue weighted by Gasteiger charge is -2.36. The van der Waals surface area contributed by atoms with Gasteiger partial charge in [0.15, 0.2) is 0 Å². The van der Waals surface area contributed by atoms with Gasteiger partial charge in [-0.2, -0.15) is 22.0 Å². The number of carbonyl (C=O) groups is 1. The second kappa shape index (κ2) is 13.7. The zero-order valence-electron chi connectivity index (χ0n) is 21.7. The fourth-order valence-electron chi connectivity index (χ4n) is 4.20. The van der Waals surface area contributed by atoms with Gasteiger partial charge < -0.3 is 20.1 Å². The Labute approximate surface area is 246 Å². The lowest BCUT2D eigenvalue weighted by molar-refractivity contribution is -0.274. The third kappa shape index (κ3) is 10.1. The van der Waals surface area contributed by atoms with Gasteiger partial charge in [-0.1, -0.05) is 59.1 Å². The number of nitrogens with one attached hydrogen (secondary N) is 2. The van der Waals surface area contributed by atoms with Crippen LogP contribution < -0.4 is 20.1 Å². The molecular formula is C28H25F8IN2O3. The maximum Gasteiger partial charge on any atom is 0.573 e. The minimum atomic E-state index is -5.02. The first-order chi connectivity index (χ1) is 19.6. The largest absolute Gasteiger partial charge is 0.573 e. The smallest absolute Gasteiger partial charge is 0.425 e. The van der Waals surface area contributed by atoms with Crippen LogP contribution in [0.4, 0.5) is 39.9 Å². The molecule has 0 aromatic heterocycles. The highest BCUT2D eigenvalue weighted by Crippen LogP contribution is 2.40. The third-order valence-electron chi connectivity index (χ3n) is 5.99. The Hall–Kier alpha value is -3.43. The SMILES string of the molecule is C=IC(F)(F)Oc1cccc(C(CNC(=O)NCCC(F)(F)F)(Cc2ccccc2)c2cccc(OC(F)(F)F)c2)c1. The lowest BCUT2D eigenvalue weighted by atomic mass is 9.70. The molecule has 0 spiro atoms. The van der Waals surface area contributed by atoms with Crippen molar-refractivity contribution < 1.29 is 49.4 Å². The molecule has 0 aliphatic carbocycles. The summed E-state index contributed by atoms with van der Waals surface area (Å²) in [5, 5.41) is 4.60. The molecule has 1 unspecified atom stereocenters. The summed E-state index contributed by atoms with van der Waals surface area (Å²) in [4.78, 5) is 12.5. The molecule has 0 aliphatic heterocycles. The molecule has 228 valence electrons. The molecule has 2 amide bonds. The van der Waals surface area contributed by atoms with Gasteiger partial charge in [-0.3, -0.25) is 0 Å². The third-order valence-corrected chi connectivity index (χ3v) is 7.10. The summed E-state index contributed by atoms with van der Waals surface area (Å²) >= 11 is -1.91. The van der Waals surface area contributed by atoms with Crippen LogP contribution >= 0.6 is 20.7 Å². The molecule has 3 aromatic carbocycles. The molecule has 14 heteroatoms. The molecule has 3 rings (SSSR count). The summed E-state index contributed by atoms with van der Waals surface area (Å²) in [5.74, 6) is -0.830. The van der Waals surface area contributed by atoms with E-state index in [4.69, 9.17) is 4.74 Å². The number of hydrogen-bond donors (Lipinski definition) is 2. The molecule has 1 atom stereocenters. The van der Waals surface area contributed by atoms with E-state index in [9.17, 15) is 39.9 Å². The van der Waals surface area contributed by atoms with E-state index in [1.807, 2.05) is 0 Å². The summed E-state index contributed by atoms with van der Waals surface area (Å²) in [6, 6.07) is 18.0. The first-order valence-electron chi connectivity index (χ1n) is 12.2. The van der Waals surface area contributed by atoms with Crippen LogP contribution in [0.5, 0.6) is 11.5 Å². The Balaban J connectivity index is 2.13. The number of halogens is 9. The van der Waals surface area contributed by atoms with E-state index in [2.05, 4.69) is 19.9 Å². The monoisotopic (exact) mass is 716 g/mol. The normalized spacial score (nSPS) is 13.6. The Kier molecular flexibility index (Phi) is 10.8. The highest BCUT2D eigenvalue weighted by molar-refractivity contribution is 14.2. The molecule has 0 bridgehead atoms. The zero-order valence-corrected chi connectivity index (χ0v) is 23.8. The lowest BCUT2D eigenvalue weighted by Crippen LogP contribution is -2.47. The van der Waals surface area contributed by atoms with Crippen molar-refractivity contribution in [3.8, 4) is 11.5 Å². The van der Waals surface area contributed by atoms with Crippen LogP contribution in [0.1, 0.15) is 23.1 Å². The first kappa shape index (κ1) is 33.1. The van der Waals surface area contributed by atoms with Gasteiger partial charge in [-0.25, -0.2) is 4.79 Å². The van der Waals surface area contributed by atoms with Crippen molar-refractivity contribution in [3.63, 3.8) is 0 Å². The summed E-state index contributed by atoms with van der Waals surface area (Å²) in [6.45, 7) is -1.08. The molecule has 2 N–H and O–H groups in total. The summed E-state index contributed by atoms with van der Waals surface area (Å²) in [5.41, 5.74) is -0.333. The number of amides is 2. The molecule has 0 fully saturated rings. The van der Waals surface area contributed by atoms with Gasteiger partial charge in [0, 0.05) is 39.2 Å². The van der Waals surface area contributed by atoms with E-state index in [0.29, 0.717) is 5.56 Å². The van der Waals surface area contributed by atoms with Crippen LogP contribution in [-0.4, -0.2) is 40.3 Å². The summed E-state index contributed by atoms with van der Waals surface area (Å²) in [7, 11) is 0. The number of rotatable bonds is 12. The average Bonchev–Trinajstić information content (AvgIpc) is 2.90. The van der Waals surface area contributed by atoms with Crippen LogP contribution in [-0.2, 0) is 11.8 Å². The van der Waals surface area contributed by atoms with Crippen LogP contribution in [0.3, 0.4) is 0 Å². The Morgan fingerprint density at radius 3 is 1.86 bits per heavy atom. The highest BCUT2D eigenvalue weighted by atomic mass is 127. The Bertz CT molecular complexity index is 1350. The predicted molar refractivity (Wildman–Crippen MR) is 149 cm³/mol. The Morgan fingerprint density at radius 1 is 0.762 bits per heavy atom. The number of benzene rings is 3. The van der Waals surface area contributed by atoms with E-state index in [1.165, 1.54) is 36.4 Å². The number of alkyl halides is 9. The van der Waals surface area contributed by atoms with Crippen molar-refractivity contribution in [2.75, 3.05) is 13.1 Å². The number of hydrogen-bond acceptors (Lipinski definition) is 3. The van der Waals surface area contributed by atoms with Crippen LogP contribution in [0.2, 0.25) is 0 Å². The van der Waals surface area contributed by atoms with Crippen molar-refractivity contribution >= 4 is 31.3 Å². The average molecular weight is 716 g/mol. The highest BCUT2D eigenvalue weighted by Gasteiger charge is 2.38. The quantitative estimate of drug-likeness (QED) is 0.115. The number of urea groups is 1. The molecule has 0 aliphatic rings. The topological polar surface area (TPSA) is 59.6 Å². The molecule has 0 saturated carbocycles. The van der Waals surface area contributed by atoms with Gasteiger partial charge in [0.05, 0.1) is 6.42 Å². The molecule has 0 radical (unpaired) electrons. The maximum atomic E-state index is 14.1. The van der Waals surface area contributed by atoms with Crippen molar-refractivity contribution in [2.24, 2.45) is 0 Å². The van der Waals surface area contributed by atoms with Gasteiger partial charge in [0.25, 0.3) is 0 Å². The van der Waals surface area contributed by atoms with Gasteiger partial charge in [0.2, 0.25) is 0 Å². The van der Waals surface area contributed by atoms with E-state index in [1.54, 1.807) is 30.3 Å². The van der Waals surface area contributed by atoms with Gasteiger partial charge in [-0.15, -0.1) is 13.2 Å². The minimum absolute atomic E-state index is 0.0221. The molecule has 3 aromatic rings. The molecular weight excluding hydrogens is 691 g/mol. The van der Waals surface area contributed by atoms with E-state index >= 15 is 0 Å². The molecule has 5 nitrogen and oxygen atoms in total.